The minimum absolute atomic E-state index is 0.465. The van der Waals surface area contributed by atoms with Crippen LogP contribution in [0.4, 0.5) is 11.6 Å². The summed E-state index contributed by atoms with van der Waals surface area (Å²) in [6.45, 7) is 1.95. The highest BCUT2D eigenvalue weighted by atomic mass is 32.1. The van der Waals surface area contributed by atoms with Crippen LogP contribution in [-0.2, 0) is 0 Å². The number of pyridine rings is 1. The highest BCUT2D eigenvalue weighted by molar-refractivity contribution is 7.17. The molecule has 3 aromatic heterocycles. The van der Waals surface area contributed by atoms with E-state index in [-0.39, 0.29) is 0 Å². The SMILES string of the molecule is CN(c1ncnc2ccsc12)C1CN(c2ccccn2)C1. The van der Waals surface area contributed by atoms with Crippen LogP contribution in [0.3, 0.4) is 0 Å². The van der Waals surface area contributed by atoms with Crippen LogP contribution < -0.4 is 9.80 Å². The Morgan fingerprint density at radius 1 is 1.19 bits per heavy atom. The third-order valence-corrected chi connectivity index (χ3v) is 4.84. The minimum atomic E-state index is 0.465. The molecule has 0 atom stereocenters. The molecule has 0 bridgehead atoms. The molecule has 0 radical (unpaired) electrons. The van der Waals surface area contributed by atoms with Gasteiger partial charge in [0.15, 0.2) is 0 Å². The number of thiophene rings is 1. The largest absolute Gasteiger partial charge is 0.352 e. The van der Waals surface area contributed by atoms with Crippen molar-refractivity contribution < 1.29 is 0 Å². The van der Waals surface area contributed by atoms with Crippen molar-refractivity contribution in [1.29, 1.82) is 0 Å². The van der Waals surface area contributed by atoms with Gasteiger partial charge >= 0.3 is 0 Å². The summed E-state index contributed by atoms with van der Waals surface area (Å²) in [5.41, 5.74) is 1.03. The highest BCUT2D eigenvalue weighted by Crippen LogP contribution is 2.30. The van der Waals surface area contributed by atoms with E-state index >= 15 is 0 Å². The first-order valence-corrected chi connectivity index (χ1v) is 7.78. The number of fused-ring (bicyclic) bond motifs is 1. The summed E-state index contributed by atoms with van der Waals surface area (Å²) in [5.74, 6) is 2.08. The molecule has 1 aliphatic rings. The van der Waals surface area contributed by atoms with Gasteiger partial charge in [-0.05, 0) is 23.6 Å². The van der Waals surface area contributed by atoms with Crippen LogP contribution in [0.15, 0.2) is 42.2 Å². The summed E-state index contributed by atoms with van der Waals surface area (Å²) >= 11 is 1.70. The van der Waals surface area contributed by atoms with Crippen LogP contribution >= 0.6 is 11.3 Å². The molecule has 1 aliphatic heterocycles. The fraction of sp³-hybridized carbons (Fsp3) is 0.267. The summed E-state index contributed by atoms with van der Waals surface area (Å²) in [6.07, 6.45) is 3.49. The Kier molecular flexibility index (Phi) is 2.96. The van der Waals surface area contributed by atoms with Gasteiger partial charge in [0.25, 0.3) is 0 Å². The minimum Gasteiger partial charge on any atom is -0.352 e. The van der Waals surface area contributed by atoms with E-state index in [0.717, 1.165) is 34.9 Å². The molecule has 3 aromatic rings. The van der Waals surface area contributed by atoms with Crippen molar-refractivity contribution in [3.05, 3.63) is 42.2 Å². The van der Waals surface area contributed by atoms with Gasteiger partial charge in [-0.3, -0.25) is 0 Å². The van der Waals surface area contributed by atoms with Gasteiger partial charge in [0, 0.05) is 26.3 Å². The number of hydrogen-bond donors (Lipinski definition) is 0. The van der Waals surface area contributed by atoms with Crippen LogP contribution in [-0.4, -0.2) is 41.1 Å². The van der Waals surface area contributed by atoms with E-state index < -0.39 is 0 Å². The van der Waals surface area contributed by atoms with Crippen molar-refractivity contribution in [1.82, 2.24) is 15.0 Å². The van der Waals surface area contributed by atoms with Crippen LogP contribution in [0.25, 0.3) is 10.2 Å². The summed E-state index contributed by atoms with van der Waals surface area (Å²) in [5, 5.41) is 2.07. The zero-order valence-electron chi connectivity index (χ0n) is 11.7. The second kappa shape index (κ2) is 4.96. The predicted molar refractivity (Wildman–Crippen MR) is 86.1 cm³/mol. The first-order valence-electron chi connectivity index (χ1n) is 6.90. The summed E-state index contributed by atoms with van der Waals surface area (Å²) in [6, 6.07) is 8.53. The van der Waals surface area contributed by atoms with Crippen molar-refractivity contribution in [2.75, 3.05) is 29.9 Å². The zero-order valence-corrected chi connectivity index (χ0v) is 12.5. The lowest BCUT2D eigenvalue weighted by atomic mass is 10.1. The molecule has 1 saturated heterocycles. The molecule has 5 nitrogen and oxygen atoms in total. The van der Waals surface area contributed by atoms with Crippen molar-refractivity contribution >= 4 is 33.2 Å². The molecule has 0 amide bonds. The number of rotatable bonds is 3. The quantitative estimate of drug-likeness (QED) is 0.743. The van der Waals surface area contributed by atoms with Gasteiger partial charge in [-0.1, -0.05) is 6.07 Å². The van der Waals surface area contributed by atoms with Crippen molar-refractivity contribution in [2.45, 2.75) is 6.04 Å². The lowest BCUT2D eigenvalue weighted by Crippen LogP contribution is -2.59. The number of aromatic nitrogens is 3. The van der Waals surface area contributed by atoms with E-state index in [1.807, 2.05) is 24.4 Å². The zero-order chi connectivity index (χ0) is 14.2. The average Bonchev–Trinajstić information content (AvgIpc) is 2.95. The van der Waals surface area contributed by atoms with Gasteiger partial charge in [-0.2, -0.15) is 0 Å². The van der Waals surface area contributed by atoms with Gasteiger partial charge in [0.1, 0.15) is 18.0 Å². The van der Waals surface area contributed by atoms with Gasteiger partial charge in [0.05, 0.1) is 16.3 Å². The molecule has 0 aromatic carbocycles. The van der Waals surface area contributed by atoms with Crippen molar-refractivity contribution in [3.8, 4) is 0 Å². The number of hydrogen-bond acceptors (Lipinski definition) is 6. The van der Waals surface area contributed by atoms with Gasteiger partial charge < -0.3 is 9.80 Å². The second-order valence-corrected chi connectivity index (χ2v) is 6.11. The Morgan fingerprint density at radius 2 is 2.10 bits per heavy atom. The molecule has 4 rings (SSSR count). The molecule has 0 aliphatic carbocycles. The fourth-order valence-electron chi connectivity index (χ4n) is 2.63. The molecular weight excluding hydrogens is 282 g/mol. The topological polar surface area (TPSA) is 45.2 Å². The molecule has 6 heteroatoms. The van der Waals surface area contributed by atoms with Gasteiger partial charge in [0.2, 0.25) is 0 Å². The second-order valence-electron chi connectivity index (χ2n) is 5.19. The molecule has 21 heavy (non-hydrogen) atoms. The maximum atomic E-state index is 4.47. The summed E-state index contributed by atoms with van der Waals surface area (Å²) < 4.78 is 1.16. The summed E-state index contributed by atoms with van der Waals surface area (Å²) in [4.78, 5) is 17.7. The maximum absolute atomic E-state index is 4.47. The number of nitrogens with zero attached hydrogens (tertiary/aromatic N) is 5. The predicted octanol–water partition coefficient (Wildman–Crippen LogP) is 2.41. The first-order chi connectivity index (χ1) is 10.3. The Hall–Kier alpha value is -2.21. The third-order valence-electron chi connectivity index (χ3n) is 3.94. The van der Waals surface area contributed by atoms with Crippen LogP contribution in [0.1, 0.15) is 0 Å². The van der Waals surface area contributed by atoms with E-state index in [1.54, 1.807) is 17.7 Å². The highest BCUT2D eigenvalue weighted by Gasteiger charge is 2.32. The monoisotopic (exact) mass is 297 g/mol. The smallest absolute Gasteiger partial charge is 0.150 e. The molecule has 0 unspecified atom stereocenters. The van der Waals surface area contributed by atoms with E-state index in [4.69, 9.17) is 0 Å². The normalized spacial score (nSPS) is 15.2. The molecule has 106 valence electrons. The molecule has 4 heterocycles. The molecular formula is C15H15N5S. The van der Waals surface area contributed by atoms with Crippen LogP contribution in [0.2, 0.25) is 0 Å². The van der Waals surface area contributed by atoms with E-state index in [2.05, 4.69) is 43.2 Å². The van der Waals surface area contributed by atoms with E-state index in [0.29, 0.717) is 6.04 Å². The van der Waals surface area contributed by atoms with Gasteiger partial charge in [-0.25, -0.2) is 15.0 Å². The summed E-state index contributed by atoms with van der Waals surface area (Å²) in [7, 11) is 2.11. The lowest BCUT2D eigenvalue weighted by molar-refractivity contribution is 0.490. The third kappa shape index (κ3) is 2.12. The van der Waals surface area contributed by atoms with Crippen LogP contribution in [0.5, 0.6) is 0 Å². The average molecular weight is 297 g/mol. The maximum Gasteiger partial charge on any atom is 0.150 e. The lowest BCUT2D eigenvalue weighted by Gasteiger charge is -2.45. The number of likely N-dealkylation sites (N-methyl/N-ethyl adjacent to an activating group) is 1. The van der Waals surface area contributed by atoms with E-state index in [9.17, 15) is 0 Å². The molecule has 0 spiro atoms. The standard InChI is InChI=1S/C15H15N5S/c1-19(15-14-12(5-7-21-14)17-10-18-15)11-8-20(9-11)13-4-2-3-6-16-13/h2-7,10-11H,8-9H2,1H3. The van der Waals surface area contributed by atoms with E-state index in [1.165, 1.54) is 0 Å². The molecule has 0 saturated carbocycles. The first kappa shape index (κ1) is 12.5. The fourth-order valence-corrected chi connectivity index (χ4v) is 3.50. The Balaban J connectivity index is 1.52. The van der Waals surface area contributed by atoms with Gasteiger partial charge in [-0.15, -0.1) is 11.3 Å². The molecule has 0 N–H and O–H groups in total. The molecule has 1 fully saturated rings. The Bertz CT molecular complexity index is 751. The van der Waals surface area contributed by atoms with Crippen LogP contribution in [0, 0.1) is 0 Å². The van der Waals surface area contributed by atoms with Crippen molar-refractivity contribution in [3.63, 3.8) is 0 Å². The Morgan fingerprint density at radius 3 is 2.90 bits per heavy atom. The number of anilines is 2. The van der Waals surface area contributed by atoms with Crippen molar-refractivity contribution in [2.24, 2.45) is 0 Å². The Labute approximate surface area is 126 Å².